The van der Waals surface area contributed by atoms with Gasteiger partial charge in [-0.2, -0.15) is 0 Å². The summed E-state index contributed by atoms with van der Waals surface area (Å²) in [6.45, 7) is 4.25. The number of nitrogens with zero attached hydrogens (tertiary/aromatic N) is 2. The summed E-state index contributed by atoms with van der Waals surface area (Å²) in [5.41, 5.74) is 0. The Kier molecular flexibility index (Phi) is 28.3. The second kappa shape index (κ2) is 23.6. The molecule has 0 saturated carbocycles. The fourth-order valence-corrected chi connectivity index (χ4v) is 0.385. The Morgan fingerprint density at radius 1 is 0.941 bits per heavy atom. The highest BCUT2D eigenvalue weighted by molar-refractivity contribution is 5.37. The van der Waals surface area contributed by atoms with Crippen LogP contribution in [0.5, 0.6) is 0 Å². The molecule has 17 heavy (non-hydrogen) atoms. The van der Waals surface area contributed by atoms with Gasteiger partial charge in [0.2, 0.25) is 0 Å². The largest absolute Gasteiger partial charge is 0.724 e. The number of benzene rings is 1. The van der Waals surface area contributed by atoms with E-state index in [1.165, 1.54) is 0 Å². The Labute approximate surface area is 101 Å². The average Bonchev–Trinajstić information content (AvgIpc) is 2.34. The molecule has 1 aromatic carbocycles. The molecule has 0 aromatic heterocycles. The molecule has 0 saturated heterocycles. The summed E-state index contributed by atoms with van der Waals surface area (Å²) < 4.78 is 0. The highest BCUT2D eigenvalue weighted by Gasteiger charge is 1.81. The molecule has 1 rings (SSSR count). The molecule has 0 radical (unpaired) electrons. The smallest absolute Gasteiger partial charge is 0.0453 e. The maximum atomic E-state index is 8.24. The summed E-state index contributed by atoms with van der Waals surface area (Å²) in [4.78, 5) is 16.5. The highest BCUT2D eigenvalue weighted by Crippen LogP contribution is 1.83. The SMILES string of the molecule is CC(C)CO.[N-]=C=O.[N-]=C=O.c1ccccc1. The van der Waals surface area contributed by atoms with Crippen molar-refractivity contribution in [3.8, 4) is 0 Å². The van der Waals surface area contributed by atoms with E-state index in [0.717, 1.165) is 0 Å². The number of carbonyl (C=O) groups excluding carboxylic acids is 2. The van der Waals surface area contributed by atoms with Crippen LogP contribution in [0.3, 0.4) is 0 Å². The van der Waals surface area contributed by atoms with Gasteiger partial charge < -0.3 is 15.9 Å². The van der Waals surface area contributed by atoms with Gasteiger partial charge in [-0.3, -0.25) is 9.59 Å². The van der Waals surface area contributed by atoms with Crippen molar-refractivity contribution in [2.75, 3.05) is 6.61 Å². The van der Waals surface area contributed by atoms with Crippen molar-refractivity contribution in [3.05, 3.63) is 47.2 Å². The average molecular weight is 236 g/mol. The lowest BCUT2D eigenvalue weighted by atomic mass is 10.2. The molecule has 0 unspecified atom stereocenters. The molecule has 0 fully saturated rings. The molecular weight excluding hydrogens is 220 g/mol. The third-order valence-corrected chi connectivity index (χ3v) is 1.03. The fourth-order valence-electron chi connectivity index (χ4n) is 0.385. The lowest BCUT2D eigenvalue weighted by Crippen LogP contribution is -1.90. The van der Waals surface area contributed by atoms with Crippen LogP contribution in [-0.4, -0.2) is 23.9 Å². The van der Waals surface area contributed by atoms with Gasteiger partial charge in [0.1, 0.15) is 0 Å². The van der Waals surface area contributed by atoms with E-state index in [-0.39, 0.29) is 0 Å². The van der Waals surface area contributed by atoms with Gasteiger partial charge in [0.25, 0.3) is 0 Å². The van der Waals surface area contributed by atoms with Crippen molar-refractivity contribution in [2.45, 2.75) is 13.8 Å². The van der Waals surface area contributed by atoms with Crippen molar-refractivity contribution < 1.29 is 14.7 Å². The first-order valence-corrected chi connectivity index (χ1v) is 4.73. The highest BCUT2D eigenvalue weighted by atomic mass is 16.3. The van der Waals surface area contributed by atoms with Crippen LogP contribution < -0.4 is 0 Å². The molecule has 0 bridgehead atoms. The normalized spacial score (nSPS) is 6.59. The van der Waals surface area contributed by atoms with Gasteiger partial charge in [-0.25, -0.2) is 0 Å². The third-order valence-electron chi connectivity index (χ3n) is 1.03. The minimum atomic E-state index is 0.306. The molecule has 1 N–H and O–H groups in total. The molecule has 0 spiro atoms. The van der Waals surface area contributed by atoms with Crippen LogP contribution in [0.25, 0.3) is 10.8 Å². The Morgan fingerprint density at radius 2 is 1.06 bits per heavy atom. The van der Waals surface area contributed by atoms with Gasteiger partial charge in [-0.15, -0.1) is 0 Å². The van der Waals surface area contributed by atoms with Gasteiger partial charge in [0, 0.05) is 6.61 Å². The van der Waals surface area contributed by atoms with Crippen molar-refractivity contribution >= 4 is 12.2 Å². The zero-order chi connectivity index (χ0) is 13.9. The fraction of sp³-hybridized carbons (Fsp3) is 0.333. The summed E-state index contributed by atoms with van der Waals surface area (Å²) in [5, 5.41) is 21.7. The molecule has 0 atom stereocenters. The van der Waals surface area contributed by atoms with Crippen LogP contribution in [0.1, 0.15) is 13.8 Å². The summed E-state index contributed by atoms with van der Waals surface area (Å²) >= 11 is 0. The van der Waals surface area contributed by atoms with E-state index < -0.39 is 0 Å². The number of isocyanates is 2. The summed E-state index contributed by atoms with van der Waals surface area (Å²) in [7, 11) is 0. The van der Waals surface area contributed by atoms with Crippen molar-refractivity contribution in [3.63, 3.8) is 0 Å². The number of hydrogen-bond acceptors (Lipinski definition) is 3. The number of aliphatic hydroxyl groups excluding tert-OH is 1. The molecule has 0 aliphatic rings. The van der Waals surface area contributed by atoms with Crippen LogP contribution in [0.4, 0.5) is 0 Å². The number of hydrogen-bond donors (Lipinski definition) is 1. The van der Waals surface area contributed by atoms with E-state index in [1.807, 2.05) is 50.2 Å². The Hall–Kier alpha value is -2.06. The van der Waals surface area contributed by atoms with Crippen LogP contribution in [-0.2, 0) is 9.59 Å². The van der Waals surface area contributed by atoms with Crippen molar-refractivity contribution in [2.24, 2.45) is 5.92 Å². The Morgan fingerprint density at radius 3 is 1.12 bits per heavy atom. The van der Waals surface area contributed by atoms with E-state index in [0.29, 0.717) is 24.7 Å². The van der Waals surface area contributed by atoms with E-state index in [4.69, 9.17) is 25.5 Å². The van der Waals surface area contributed by atoms with Crippen molar-refractivity contribution in [1.29, 1.82) is 0 Å². The lowest BCUT2D eigenvalue weighted by Gasteiger charge is -1.90. The Balaban J connectivity index is -0.000000163. The molecular formula is C12H16N2O3-2. The minimum Gasteiger partial charge on any atom is -0.724 e. The second-order valence-electron chi connectivity index (χ2n) is 2.91. The molecule has 0 aliphatic heterocycles. The van der Waals surface area contributed by atoms with Crippen molar-refractivity contribution in [1.82, 2.24) is 0 Å². The predicted molar refractivity (Wildman–Crippen MR) is 66.5 cm³/mol. The zero-order valence-corrected chi connectivity index (χ0v) is 9.91. The standard InChI is InChI=1S/C6H6.C4H10O.2CNO/c1-2-4-6-5-3-1;1-4(2)3-5;2*2-1-3/h1-6H;4-5H,3H2,1-2H3;;/q;;2*-1. The monoisotopic (exact) mass is 236 g/mol. The Bertz CT molecular complexity index is 249. The minimum absolute atomic E-state index is 0.306. The first kappa shape index (κ1) is 20.4. The van der Waals surface area contributed by atoms with Gasteiger partial charge in [0.15, 0.2) is 0 Å². The molecule has 94 valence electrons. The topological polar surface area (TPSA) is 99.0 Å². The van der Waals surface area contributed by atoms with Gasteiger partial charge in [-0.05, 0) is 18.1 Å². The summed E-state index contributed by atoms with van der Waals surface area (Å²) in [6, 6.07) is 12.0. The zero-order valence-electron chi connectivity index (χ0n) is 9.91. The molecule has 0 aliphatic carbocycles. The molecule has 5 heteroatoms. The molecule has 0 heterocycles. The third kappa shape index (κ3) is 56.3. The number of rotatable bonds is 1. The first-order valence-electron chi connectivity index (χ1n) is 4.73. The summed E-state index contributed by atoms with van der Waals surface area (Å²) in [6.07, 6.45) is 1.00. The quantitative estimate of drug-likeness (QED) is 0.597. The van der Waals surface area contributed by atoms with Crippen LogP contribution in [0.15, 0.2) is 36.4 Å². The maximum Gasteiger partial charge on any atom is 0.0453 e. The first-order chi connectivity index (χ1) is 8.10. The van der Waals surface area contributed by atoms with E-state index in [9.17, 15) is 0 Å². The van der Waals surface area contributed by atoms with Gasteiger partial charge in [-0.1, -0.05) is 50.2 Å². The second-order valence-corrected chi connectivity index (χ2v) is 2.91. The van der Waals surface area contributed by atoms with Crippen LogP contribution >= 0.6 is 0 Å². The van der Waals surface area contributed by atoms with E-state index in [2.05, 4.69) is 0 Å². The molecule has 5 nitrogen and oxygen atoms in total. The lowest BCUT2D eigenvalue weighted by molar-refractivity contribution is 0.248. The van der Waals surface area contributed by atoms with Gasteiger partial charge >= 0.3 is 0 Å². The predicted octanol–water partition coefficient (Wildman–Crippen LogP) is 2.10. The van der Waals surface area contributed by atoms with Crippen LogP contribution in [0.2, 0.25) is 0 Å². The van der Waals surface area contributed by atoms with Crippen LogP contribution in [0, 0.1) is 5.92 Å². The summed E-state index contributed by atoms with van der Waals surface area (Å²) in [5.74, 6) is 0.440. The molecule has 1 aromatic rings. The van der Waals surface area contributed by atoms with E-state index >= 15 is 0 Å². The molecule has 0 amide bonds. The van der Waals surface area contributed by atoms with Gasteiger partial charge in [0.05, 0.1) is 0 Å². The maximum absolute atomic E-state index is 8.24. The number of aliphatic hydroxyl groups is 1. The van der Waals surface area contributed by atoms with E-state index in [1.54, 1.807) is 0 Å².